The van der Waals surface area contributed by atoms with Gasteiger partial charge in [-0.15, -0.1) is 0 Å². The average molecular weight is 325 g/mol. The van der Waals surface area contributed by atoms with Crippen LogP contribution in [-0.4, -0.2) is 19.8 Å². The van der Waals surface area contributed by atoms with Crippen molar-refractivity contribution in [2.24, 2.45) is 0 Å². The Balaban J connectivity index is 2.09. The molecule has 0 amide bonds. The summed E-state index contributed by atoms with van der Waals surface area (Å²) in [5.41, 5.74) is 6.62. The zero-order valence-electron chi connectivity index (χ0n) is 15.1. The lowest BCUT2D eigenvalue weighted by Crippen LogP contribution is -2.31. The lowest BCUT2D eigenvalue weighted by atomic mass is 9.87. The predicted octanol–water partition coefficient (Wildman–Crippen LogP) is 4.34. The largest absolute Gasteiger partial charge is 0.490 e. The highest BCUT2D eigenvalue weighted by molar-refractivity contribution is 5.52. The summed E-state index contributed by atoms with van der Waals surface area (Å²) in [6, 6.07) is 11.2. The Morgan fingerprint density at radius 2 is 1.67 bits per heavy atom. The normalized spacial score (nSPS) is 16.6. The Bertz CT molecular complexity index is 724. The van der Waals surface area contributed by atoms with Gasteiger partial charge in [0.15, 0.2) is 11.5 Å². The van der Waals surface area contributed by atoms with Gasteiger partial charge in [-0.1, -0.05) is 23.8 Å². The summed E-state index contributed by atoms with van der Waals surface area (Å²) in [5.74, 6) is 1.71. The van der Waals surface area contributed by atoms with Crippen molar-refractivity contribution in [3.63, 3.8) is 0 Å². The molecule has 0 radical (unpaired) electrons. The molecule has 0 aromatic heterocycles. The summed E-state index contributed by atoms with van der Waals surface area (Å²) in [6.45, 7) is 10.6. The minimum Gasteiger partial charge on any atom is -0.490 e. The van der Waals surface area contributed by atoms with Gasteiger partial charge in [0.2, 0.25) is 0 Å². The maximum Gasteiger partial charge on any atom is 0.161 e. The van der Waals surface area contributed by atoms with E-state index >= 15 is 0 Å². The van der Waals surface area contributed by atoms with Crippen molar-refractivity contribution >= 4 is 0 Å². The first kappa shape index (κ1) is 16.8. The molecule has 0 spiro atoms. The molecule has 1 N–H and O–H groups in total. The minimum atomic E-state index is 0.212. The second-order valence-corrected chi connectivity index (χ2v) is 6.36. The van der Waals surface area contributed by atoms with E-state index in [0.29, 0.717) is 13.2 Å². The molecule has 0 saturated carbocycles. The summed E-state index contributed by atoms with van der Waals surface area (Å²) in [4.78, 5) is 0. The topological polar surface area (TPSA) is 30.5 Å². The van der Waals surface area contributed by atoms with Gasteiger partial charge in [-0.05, 0) is 68.5 Å². The van der Waals surface area contributed by atoms with Gasteiger partial charge < -0.3 is 14.8 Å². The molecule has 3 nitrogen and oxygen atoms in total. The lowest BCUT2D eigenvalue weighted by molar-refractivity contribution is 0.286. The van der Waals surface area contributed by atoms with Crippen LogP contribution in [0.2, 0.25) is 0 Å². The van der Waals surface area contributed by atoms with Crippen LogP contribution in [0.5, 0.6) is 11.5 Å². The van der Waals surface area contributed by atoms with Gasteiger partial charge in [-0.3, -0.25) is 0 Å². The van der Waals surface area contributed by atoms with Crippen LogP contribution in [0.15, 0.2) is 30.3 Å². The average Bonchev–Trinajstić information content (AvgIpc) is 2.57. The number of hydrogen-bond donors (Lipinski definition) is 1. The SMILES string of the molecule is CCOc1cc2c(cc1OCC)[C@@H](c1cc(C)ccc1C)NCC2. The maximum atomic E-state index is 5.84. The van der Waals surface area contributed by atoms with Crippen molar-refractivity contribution in [1.82, 2.24) is 5.32 Å². The number of ether oxygens (including phenoxy) is 2. The van der Waals surface area contributed by atoms with Crippen LogP contribution in [0.3, 0.4) is 0 Å². The standard InChI is InChI=1S/C21H27NO2/c1-5-23-19-12-16-9-10-22-21(18(16)13-20(19)24-6-2)17-11-14(3)7-8-15(17)4/h7-8,11-13,21-22H,5-6,9-10H2,1-4H3/t21-/m1/s1. The van der Waals surface area contributed by atoms with Crippen LogP contribution in [0.25, 0.3) is 0 Å². The van der Waals surface area contributed by atoms with Crippen molar-refractivity contribution in [3.8, 4) is 11.5 Å². The fourth-order valence-electron chi connectivity index (χ4n) is 3.45. The fraction of sp³-hybridized carbons (Fsp3) is 0.429. The maximum absolute atomic E-state index is 5.84. The number of fused-ring (bicyclic) bond motifs is 1. The Morgan fingerprint density at radius 1 is 0.958 bits per heavy atom. The molecular weight excluding hydrogens is 298 g/mol. The minimum absolute atomic E-state index is 0.212. The molecule has 0 fully saturated rings. The Kier molecular flexibility index (Phi) is 5.10. The summed E-state index contributed by atoms with van der Waals surface area (Å²) < 4.78 is 11.6. The Morgan fingerprint density at radius 3 is 2.38 bits per heavy atom. The van der Waals surface area contributed by atoms with Crippen LogP contribution < -0.4 is 14.8 Å². The monoisotopic (exact) mass is 325 g/mol. The lowest BCUT2D eigenvalue weighted by Gasteiger charge is -2.30. The molecule has 0 aliphatic carbocycles. The second kappa shape index (κ2) is 7.27. The van der Waals surface area contributed by atoms with Crippen LogP contribution in [0.4, 0.5) is 0 Å². The predicted molar refractivity (Wildman–Crippen MR) is 98.2 cm³/mol. The summed E-state index contributed by atoms with van der Waals surface area (Å²) in [6.07, 6.45) is 1.02. The van der Waals surface area contributed by atoms with E-state index in [2.05, 4.69) is 49.5 Å². The van der Waals surface area contributed by atoms with Crippen LogP contribution in [-0.2, 0) is 6.42 Å². The van der Waals surface area contributed by atoms with Gasteiger partial charge in [0.25, 0.3) is 0 Å². The summed E-state index contributed by atoms with van der Waals surface area (Å²) in [5, 5.41) is 3.68. The molecule has 128 valence electrons. The summed E-state index contributed by atoms with van der Waals surface area (Å²) >= 11 is 0. The van der Waals surface area contributed by atoms with Crippen molar-refractivity contribution in [2.45, 2.75) is 40.2 Å². The highest BCUT2D eigenvalue weighted by Crippen LogP contribution is 2.38. The number of hydrogen-bond acceptors (Lipinski definition) is 3. The highest BCUT2D eigenvalue weighted by Gasteiger charge is 2.25. The third-order valence-corrected chi connectivity index (χ3v) is 4.60. The number of benzene rings is 2. The molecule has 3 rings (SSSR count). The second-order valence-electron chi connectivity index (χ2n) is 6.36. The van der Waals surface area contributed by atoms with Crippen LogP contribution in [0.1, 0.15) is 47.7 Å². The number of aryl methyl sites for hydroxylation is 2. The highest BCUT2D eigenvalue weighted by atomic mass is 16.5. The van der Waals surface area contributed by atoms with Crippen molar-refractivity contribution in [3.05, 3.63) is 58.1 Å². The molecule has 1 atom stereocenters. The van der Waals surface area contributed by atoms with Gasteiger partial charge in [0.1, 0.15) is 0 Å². The van der Waals surface area contributed by atoms with Crippen LogP contribution in [0, 0.1) is 13.8 Å². The van der Waals surface area contributed by atoms with E-state index in [1.54, 1.807) is 0 Å². The van der Waals surface area contributed by atoms with Gasteiger partial charge in [-0.2, -0.15) is 0 Å². The van der Waals surface area contributed by atoms with Crippen LogP contribution >= 0.6 is 0 Å². The van der Waals surface area contributed by atoms with Crippen molar-refractivity contribution in [1.29, 1.82) is 0 Å². The number of nitrogens with one attached hydrogen (secondary N) is 1. The molecule has 24 heavy (non-hydrogen) atoms. The van der Waals surface area contributed by atoms with Crippen molar-refractivity contribution in [2.75, 3.05) is 19.8 Å². The van der Waals surface area contributed by atoms with E-state index in [9.17, 15) is 0 Å². The van der Waals surface area contributed by atoms with E-state index in [-0.39, 0.29) is 6.04 Å². The van der Waals surface area contributed by atoms with E-state index in [4.69, 9.17) is 9.47 Å². The van der Waals surface area contributed by atoms with E-state index < -0.39 is 0 Å². The third-order valence-electron chi connectivity index (χ3n) is 4.60. The van der Waals surface area contributed by atoms with E-state index in [1.165, 1.54) is 27.8 Å². The first-order valence-corrected chi connectivity index (χ1v) is 8.87. The zero-order chi connectivity index (χ0) is 17.1. The molecule has 3 heteroatoms. The van der Waals surface area contributed by atoms with Gasteiger partial charge in [0, 0.05) is 6.54 Å². The fourth-order valence-corrected chi connectivity index (χ4v) is 3.45. The van der Waals surface area contributed by atoms with Gasteiger partial charge in [0.05, 0.1) is 19.3 Å². The number of rotatable bonds is 5. The summed E-state index contributed by atoms with van der Waals surface area (Å²) in [7, 11) is 0. The quantitative estimate of drug-likeness (QED) is 0.887. The van der Waals surface area contributed by atoms with Gasteiger partial charge >= 0.3 is 0 Å². The van der Waals surface area contributed by atoms with E-state index in [1.807, 2.05) is 13.8 Å². The van der Waals surface area contributed by atoms with Crippen molar-refractivity contribution < 1.29 is 9.47 Å². The molecule has 0 saturated heterocycles. The third kappa shape index (κ3) is 3.27. The molecule has 1 aliphatic heterocycles. The van der Waals surface area contributed by atoms with E-state index in [0.717, 1.165) is 24.5 Å². The Hall–Kier alpha value is -2.00. The first-order valence-electron chi connectivity index (χ1n) is 8.87. The molecule has 0 unspecified atom stereocenters. The molecular formula is C21H27NO2. The zero-order valence-corrected chi connectivity index (χ0v) is 15.1. The molecule has 2 aromatic rings. The molecule has 2 aromatic carbocycles. The molecule has 1 aliphatic rings. The Labute approximate surface area is 145 Å². The smallest absolute Gasteiger partial charge is 0.161 e. The first-order chi connectivity index (χ1) is 11.6. The molecule has 0 bridgehead atoms. The molecule has 1 heterocycles. The van der Waals surface area contributed by atoms with Gasteiger partial charge in [-0.25, -0.2) is 0 Å².